The SMILES string of the molecule is O=C(O)CC(=O)Nc1ccc2c(=O)n3c(nc2c1)C(=Cc1ccc(Cl)cc1)CC3. The third-order valence-corrected chi connectivity index (χ3v) is 4.91. The Balaban J connectivity index is 1.73. The van der Waals surface area contributed by atoms with Crippen LogP contribution < -0.4 is 10.9 Å². The van der Waals surface area contributed by atoms with Gasteiger partial charge in [-0.15, -0.1) is 0 Å². The minimum atomic E-state index is -1.21. The first kappa shape index (κ1) is 18.9. The van der Waals surface area contributed by atoms with E-state index in [0.717, 1.165) is 11.1 Å². The van der Waals surface area contributed by atoms with E-state index in [-0.39, 0.29) is 5.56 Å². The fraction of sp³-hybridized carbons (Fsp3) is 0.143. The van der Waals surface area contributed by atoms with Gasteiger partial charge < -0.3 is 10.4 Å². The molecule has 0 fully saturated rings. The molecule has 7 nitrogen and oxygen atoms in total. The van der Waals surface area contributed by atoms with Gasteiger partial charge in [-0.1, -0.05) is 23.7 Å². The molecule has 2 N–H and O–H groups in total. The zero-order valence-electron chi connectivity index (χ0n) is 15.2. The lowest BCUT2D eigenvalue weighted by Crippen LogP contribution is -2.21. The lowest BCUT2D eigenvalue weighted by atomic mass is 10.1. The van der Waals surface area contributed by atoms with Crippen molar-refractivity contribution < 1.29 is 14.7 Å². The van der Waals surface area contributed by atoms with Crippen LogP contribution in [0, 0.1) is 0 Å². The highest BCUT2D eigenvalue weighted by atomic mass is 35.5. The van der Waals surface area contributed by atoms with Gasteiger partial charge in [0.15, 0.2) is 0 Å². The third-order valence-electron chi connectivity index (χ3n) is 4.65. The zero-order chi connectivity index (χ0) is 20.5. The number of nitrogens with one attached hydrogen (secondary N) is 1. The zero-order valence-corrected chi connectivity index (χ0v) is 15.9. The lowest BCUT2D eigenvalue weighted by Gasteiger charge is -2.08. The molecular formula is C21H16ClN3O4. The van der Waals surface area contributed by atoms with Crippen molar-refractivity contribution >= 4 is 51.7 Å². The average Bonchev–Trinajstić information content (AvgIpc) is 3.06. The maximum atomic E-state index is 12.9. The van der Waals surface area contributed by atoms with Gasteiger partial charge in [-0.25, -0.2) is 4.98 Å². The second-order valence-electron chi connectivity index (χ2n) is 6.71. The van der Waals surface area contributed by atoms with E-state index in [1.54, 1.807) is 34.9 Å². The summed E-state index contributed by atoms with van der Waals surface area (Å²) in [7, 11) is 0. The van der Waals surface area contributed by atoms with Crippen LogP contribution in [0.1, 0.15) is 24.2 Å². The van der Waals surface area contributed by atoms with E-state index in [1.165, 1.54) is 0 Å². The van der Waals surface area contributed by atoms with Gasteiger partial charge in [-0.2, -0.15) is 0 Å². The Bertz CT molecular complexity index is 1230. The van der Waals surface area contributed by atoms with Crippen molar-refractivity contribution in [3.63, 3.8) is 0 Å². The molecule has 0 saturated carbocycles. The molecule has 8 heteroatoms. The summed E-state index contributed by atoms with van der Waals surface area (Å²) in [5, 5.41) is 12.3. The Labute approximate surface area is 170 Å². The second kappa shape index (κ2) is 7.52. The van der Waals surface area contributed by atoms with E-state index < -0.39 is 18.3 Å². The molecule has 1 amide bonds. The quantitative estimate of drug-likeness (QED) is 0.643. The monoisotopic (exact) mass is 409 g/mol. The Morgan fingerprint density at radius 1 is 1.21 bits per heavy atom. The standard InChI is InChI=1S/C21H16ClN3O4/c22-14-3-1-12(2-4-14)9-13-7-8-25-20(13)24-17-10-15(5-6-16(17)21(25)29)23-18(26)11-19(27)28/h1-6,9-10H,7-8,11H2,(H,23,26)(H,27,28). The maximum Gasteiger partial charge on any atom is 0.312 e. The number of halogens is 1. The number of benzene rings is 2. The number of carbonyl (C=O) groups excluding carboxylic acids is 1. The number of aromatic nitrogens is 2. The van der Waals surface area contributed by atoms with E-state index >= 15 is 0 Å². The van der Waals surface area contributed by atoms with Gasteiger partial charge in [-0.3, -0.25) is 19.0 Å². The molecular weight excluding hydrogens is 394 g/mol. The number of fused-ring (bicyclic) bond motifs is 2. The van der Waals surface area contributed by atoms with Gasteiger partial charge in [-0.05, 0) is 54.0 Å². The van der Waals surface area contributed by atoms with Crippen LogP contribution in [0.2, 0.25) is 5.02 Å². The van der Waals surface area contributed by atoms with Crippen LogP contribution in [0.4, 0.5) is 5.69 Å². The molecule has 29 heavy (non-hydrogen) atoms. The van der Waals surface area contributed by atoms with Crippen molar-refractivity contribution in [2.24, 2.45) is 0 Å². The van der Waals surface area contributed by atoms with E-state index in [2.05, 4.69) is 10.3 Å². The molecule has 2 heterocycles. The van der Waals surface area contributed by atoms with E-state index in [0.29, 0.717) is 40.4 Å². The van der Waals surface area contributed by atoms with Crippen molar-refractivity contribution in [3.8, 4) is 0 Å². The second-order valence-corrected chi connectivity index (χ2v) is 7.15. The van der Waals surface area contributed by atoms with Gasteiger partial charge in [0.05, 0.1) is 10.9 Å². The van der Waals surface area contributed by atoms with E-state index in [9.17, 15) is 14.4 Å². The van der Waals surface area contributed by atoms with Gasteiger partial charge in [0.1, 0.15) is 12.2 Å². The number of rotatable bonds is 4. The van der Waals surface area contributed by atoms with E-state index in [4.69, 9.17) is 16.7 Å². The summed E-state index contributed by atoms with van der Waals surface area (Å²) in [6.07, 6.45) is 2.03. The Kier molecular flexibility index (Phi) is 4.90. The summed E-state index contributed by atoms with van der Waals surface area (Å²) in [4.78, 5) is 39.9. The fourth-order valence-corrected chi connectivity index (χ4v) is 3.46. The summed E-state index contributed by atoms with van der Waals surface area (Å²) in [5.41, 5.74) is 2.58. The van der Waals surface area contributed by atoms with Gasteiger partial charge >= 0.3 is 5.97 Å². The van der Waals surface area contributed by atoms with Gasteiger partial charge in [0.2, 0.25) is 5.91 Å². The molecule has 1 aliphatic heterocycles. The summed E-state index contributed by atoms with van der Waals surface area (Å²) in [6.45, 7) is 0.549. The van der Waals surface area contributed by atoms with Crippen molar-refractivity contribution in [1.82, 2.24) is 9.55 Å². The van der Waals surface area contributed by atoms with Crippen LogP contribution in [-0.4, -0.2) is 26.5 Å². The maximum absolute atomic E-state index is 12.9. The number of anilines is 1. The summed E-state index contributed by atoms with van der Waals surface area (Å²) in [6, 6.07) is 12.1. The van der Waals surface area contributed by atoms with Crippen LogP contribution in [0.15, 0.2) is 47.3 Å². The number of nitrogens with zero attached hydrogens (tertiary/aromatic N) is 2. The molecule has 0 unspecified atom stereocenters. The molecule has 1 aromatic heterocycles. The molecule has 0 saturated heterocycles. The third kappa shape index (κ3) is 3.90. The topological polar surface area (TPSA) is 101 Å². The molecule has 0 spiro atoms. The van der Waals surface area contributed by atoms with Crippen LogP contribution >= 0.6 is 11.6 Å². The van der Waals surface area contributed by atoms with Crippen LogP contribution in [0.25, 0.3) is 22.6 Å². The molecule has 1 aliphatic rings. The lowest BCUT2D eigenvalue weighted by molar-refractivity contribution is -0.139. The minimum absolute atomic E-state index is 0.145. The molecule has 4 rings (SSSR count). The predicted octanol–water partition coefficient (Wildman–Crippen LogP) is 3.41. The van der Waals surface area contributed by atoms with Crippen molar-refractivity contribution in [3.05, 3.63) is 69.2 Å². The average molecular weight is 410 g/mol. The number of amides is 1. The highest BCUT2D eigenvalue weighted by Gasteiger charge is 2.21. The number of allylic oxidation sites excluding steroid dienone is 1. The van der Waals surface area contributed by atoms with E-state index in [1.807, 2.05) is 18.2 Å². The molecule has 146 valence electrons. The smallest absolute Gasteiger partial charge is 0.312 e. The summed E-state index contributed by atoms with van der Waals surface area (Å²) >= 11 is 5.93. The fourth-order valence-electron chi connectivity index (χ4n) is 3.33. The van der Waals surface area contributed by atoms with Crippen LogP contribution in [0.5, 0.6) is 0 Å². The largest absolute Gasteiger partial charge is 0.481 e. The highest BCUT2D eigenvalue weighted by molar-refractivity contribution is 6.30. The Hall–Kier alpha value is -3.45. The number of carbonyl (C=O) groups is 2. The summed E-state index contributed by atoms with van der Waals surface area (Å²) < 4.78 is 1.65. The van der Waals surface area contributed by atoms with Crippen molar-refractivity contribution in [2.75, 3.05) is 5.32 Å². The first-order chi connectivity index (χ1) is 13.9. The molecule has 3 aromatic rings. The molecule has 0 radical (unpaired) electrons. The van der Waals surface area contributed by atoms with Gasteiger partial charge in [0.25, 0.3) is 5.56 Å². The molecule has 0 atom stereocenters. The molecule has 2 aromatic carbocycles. The van der Waals surface area contributed by atoms with Crippen molar-refractivity contribution in [1.29, 1.82) is 0 Å². The number of carboxylic acid groups (broad SMARTS) is 1. The Morgan fingerprint density at radius 3 is 2.69 bits per heavy atom. The van der Waals surface area contributed by atoms with Gasteiger partial charge in [0, 0.05) is 17.3 Å². The normalized spacial score (nSPS) is 14.2. The predicted molar refractivity (Wildman–Crippen MR) is 111 cm³/mol. The summed E-state index contributed by atoms with van der Waals surface area (Å²) in [5.74, 6) is -1.26. The Morgan fingerprint density at radius 2 is 1.97 bits per heavy atom. The number of hydrogen-bond acceptors (Lipinski definition) is 4. The minimum Gasteiger partial charge on any atom is -0.481 e. The number of carboxylic acids is 1. The molecule has 0 aliphatic carbocycles. The van der Waals surface area contributed by atoms with Crippen LogP contribution in [0.3, 0.4) is 0 Å². The molecule has 0 bridgehead atoms. The van der Waals surface area contributed by atoms with Crippen molar-refractivity contribution in [2.45, 2.75) is 19.4 Å². The first-order valence-electron chi connectivity index (χ1n) is 8.93. The number of aliphatic carboxylic acids is 1. The highest BCUT2D eigenvalue weighted by Crippen LogP contribution is 2.28. The first-order valence-corrected chi connectivity index (χ1v) is 9.31. The number of hydrogen-bond donors (Lipinski definition) is 2. The van der Waals surface area contributed by atoms with Crippen LogP contribution in [-0.2, 0) is 16.1 Å².